The fourth-order valence-corrected chi connectivity index (χ4v) is 3.37. The third-order valence-corrected chi connectivity index (χ3v) is 5.29. The smallest absolute Gasteiger partial charge is 0.262 e. The molecule has 172 valence electrons. The molecule has 32 heavy (non-hydrogen) atoms. The topological polar surface area (TPSA) is 77.1 Å². The van der Waals surface area contributed by atoms with Gasteiger partial charge in [-0.1, -0.05) is 19.9 Å². The van der Waals surface area contributed by atoms with Crippen LogP contribution in [-0.4, -0.2) is 38.7 Å². The summed E-state index contributed by atoms with van der Waals surface area (Å²) in [5, 5.41) is 2.83. The van der Waals surface area contributed by atoms with E-state index < -0.39 is 5.41 Å². The molecule has 3 rings (SSSR count). The molecule has 7 heteroatoms. The SMILES string of the molecule is COc1cccc(OCC(=O)Nc2ccc3c(c2)OCC(C)(C)C(=O)N3CCC(C)C)c1. The van der Waals surface area contributed by atoms with Crippen molar-refractivity contribution in [3.63, 3.8) is 0 Å². The van der Waals surface area contributed by atoms with Crippen LogP contribution >= 0.6 is 0 Å². The lowest BCUT2D eigenvalue weighted by Gasteiger charge is -2.28. The molecule has 0 aromatic heterocycles. The first kappa shape index (κ1) is 23.4. The molecule has 0 unspecified atom stereocenters. The van der Waals surface area contributed by atoms with Gasteiger partial charge >= 0.3 is 0 Å². The number of nitrogens with zero attached hydrogens (tertiary/aromatic N) is 1. The largest absolute Gasteiger partial charge is 0.497 e. The van der Waals surface area contributed by atoms with Crippen molar-refractivity contribution in [1.82, 2.24) is 0 Å². The predicted octanol–water partition coefficient (Wildman–Crippen LogP) is 4.51. The van der Waals surface area contributed by atoms with E-state index in [4.69, 9.17) is 14.2 Å². The molecule has 0 aliphatic carbocycles. The molecule has 0 atom stereocenters. The van der Waals surface area contributed by atoms with Crippen LogP contribution in [0, 0.1) is 11.3 Å². The molecule has 0 fully saturated rings. The third-order valence-electron chi connectivity index (χ3n) is 5.29. The van der Waals surface area contributed by atoms with E-state index in [9.17, 15) is 9.59 Å². The number of carbonyl (C=O) groups excluding carboxylic acids is 2. The van der Waals surface area contributed by atoms with Crippen molar-refractivity contribution in [3.8, 4) is 17.2 Å². The first-order valence-corrected chi connectivity index (χ1v) is 10.8. The third kappa shape index (κ3) is 5.72. The zero-order chi connectivity index (χ0) is 23.3. The maximum atomic E-state index is 13.1. The van der Waals surface area contributed by atoms with Gasteiger partial charge < -0.3 is 24.4 Å². The Balaban J connectivity index is 1.71. The highest BCUT2D eigenvalue weighted by Crippen LogP contribution is 2.38. The van der Waals surface area contributed by atoms with Crippen molar-refractivity contribution < 1.29 is 23.8 Å². The summed E-state index contributed by atoms with van der Waals surface area (Å²) in [4.78, 5) is 27.3. The van der Waals surface area contributed by atoms with Crippen LogP contribution in [0.4, 0.5) is 11.4 Å². The second-order valence-electron chi connectivity index (χ2n) is 9.01. The second kappa shape index (κ2) is 9.94. The summed E-state index contributed by atoms with van der Waals surface area (Å²) in [6, 6.07) is 12.4. The van der Waals surface area contributed by atoms with Crippen molar-refractivity contribution in [1.29, 1.82) is 0 Å². The van der Waals surface area contributed by atoms with Gasteiger partial charge in [0.25, 0.3) is 5.91 Å². The van der Waals surface area contributed by atoms with E-state index in [1.54, 1.807) is 48.4 Å². The molecule has 7 nitrogen and oxygen atoms in total. The van der Waals surface area contributed by atoms with Crippen LogP contribution in [0.2, 0.25) is 0 Å². The molecular weight excluding hydrogens is 408 g/mol. The van der Waals surface area contributed by atoms with Crippen LogP contribution in [-0.2, 0) is 9.59 Å². The zero-order valence-corrected chi connectivity index (χ0v) is 19.4. The van der Waals surface area contributed by atoms with Gasteiger partial charge in [-0.3, -0.25) is 9.59 Å². The van der Waals surface area contributed by atoms with E-state index in [0.29, 0.717) is 35.4 Å². The number of fused-ring (bicyclic) bond motifs is 1. The zero-order valence-electron chi connectivity index (χ0n) is 19.4. The van der Waals surface area contributed by atoms with Gasteiger partial charge in [0.1, 0.15) is 23.9 Å². The number of hydrogen-bond acceptors (Lipinski definition) is 5. The summed E-state index contributed by atoms with van der Waals surface area (Å²) >= 11 is 0. The van der Waals surface area contributed by atoms with Crippen LogP contribution in [0.15, 0.2) is 42.5 Å². The quantitative estimate of drug-likeness (QED) is 0.654. The Labute approximate surface area is 189 Å². The van der Waals surface area contributed by atoms with Gasteiger partial charge in [-0.25, -0.2) is 0 Å². The standard InChI is InChI=1S/C25H32N2O5/c1-17(2)11-12-27-21-10-9-18(13-22(21)32-16-25(3,4)24(27)29)26-23(28)15-31-20-8-6-7-19(14-20)30-5/h6-10,13-14,17H,11-12,15-16H2,1-5H3,(H,26,28). The van der Waals surface area contributed by atoms with Gasteiger partial charge in [-0.15, -0.1) is 0 Å². The van der Waals surface area contributed by atoms with Crippen molar-refractivity contribution in [2.24, 2.45) is 11.3 Å². The highest BCUT2D eigenvalue weighted by atomic mass is 16.5. The Kier molecular flexibility index (Phi) is 7.28. The molecule has 0 saturated heterocycles. The van der Waals surface area contributed by atoms with Crippen LogP contribution in [0.1, 0.15) is 34.1 Å². The number of rotatable bonds is 8. The molecule has 1 aliphatic heterocycles. The summed E-state index contributed by atoms with van der Waals surface area (Å²) in [5.41, 5.74) is 0.676. The molecular formula is C25H32N2O5. The van der Waals surface area contributed by atoms with E-state index in [1.807, 2.05) is 19.9 Å². The maximum Gasteiger partial charge on any atom is 0.262 e. The summed E-state index contributed by atoms with van der Waals surface area (Å²) in [5.74, 6) is 2.01. The molecule has 0 saturated carbocycles. The Morgan fingerprint density at radius 3 is 2.66 bits per heavy atom. The molecule has 0 bridgehead atoms. The Morgan fingerprint density at radius 2 is 1.94 bits per heavy atom. The number of anilines is 2. The molecule has 2 aromatic rings. The number of amides is 2. The molecule has 0 spiro atoms. The number of hydrogen-bond donors (Lipinski definition) is 1. The van der Waals surface area contributed by atoms with Gasteiger partial charge in [0.05, 0.1) is 18.2 Å². The average molecular weight is 441 g/mol. The molecule has 1 N–H and O–H groups in total. The lowest BCUT2D eigenvalue weighted by Crippen LogP contribution is -2.42. The van der Waals surface area contributed by atoms with E-state index in [2.05, 4.69) is 19.2 Å². The summed E-state index contributed by atoms with van der Waals surface area (Å²) in [6.45, 7) is 8.80. The first-order valence-electron chi connectivity index (χ1n) is 10.8. The van der Waals surface area contributed by atoms with E-state index >= 15 is 0 Å². The molecule has 0 radical (unpaired) electrons. The van der Waals surface area contributed by atoms with Crippen LogP contribution < -0.4 is 24.4 Å². The summed E-state index contributed by atoms with van der Waals surface area (Å²) in [6.07, 6.45) is 0.890. The molecule has 2 aromatic carbocycles. The predicted molar refractivity (Wildman–Crippen MR) is 125 cm³/mol. The molecule has 2 amide bonds. The second-order valence-corrected chi connectivity index (χ2v) is 9.01. The Morgan fingerprint density at radius 1 is 1.19 bits per heavy atom. The highest BCUT2D eigenvalue weighted by molar-refractivity contribution is 6.00. The van der Waals surface area contributed by atoms with E-state index in [0.717, 1.165) is 12.1 Å². The number of ether oxygens (including phenoxy) is 3. The number of nitrogens with one attached hydrogen (secondary N) is 1. The summed E-state index contributed by atoms with van der Waals surface area (Å²) < 4.78 is 16.7. The summed E-state index contributed by atoms with van der Waals surface area (Å²) in [7, 11) is 1.57. The monoisotopic (exact) mass is 440 g/mol. The Bertz CT molecular complexity index is 971. The van der Waals surface area contributed by atoms with Crippen molar-refractivity contribution in [2.45, 2.75) is 34.1 Å². The molecule has 1 aliphatic rings. The van der Waals surface area contributed by atoms with Gasteiger partial charge in [0.2, 0.25) is 5.91 Å². The van der Waals surface area contributed by atoms with Crippen molar-refractivity contribution >= 4 is 23.2 Å². The maximum absolute atomic E-state index is 13.1. The van der Waals surface area contributed by atoms with Gasteiger partial charge in [0, 0.05) is 24.4 Å². The minimum Gasteiger partial charge on any atom is -0.497 e. The van der Waals surface area contributed by atoms with E-state index in [-0.39, 0.29) is 25.0 Å². The van der Waals surface area contributed by atoms with Crippen LogP contribution in [0.25, 0.3) is 0 Å². The fourth-order valence-electron chi connectivity index (χ4n) is 3.37. The lowest BCUT2D eigenvalue weighted by molar-refractivity contribution is -0.127. The van der Waals surface area contributed by atoms with Gasteiger partial charge in [-0.2, -0.15) is 0 Å². The van der Waals surface area contributed by atoms with Gasteiger partial charge in [-0.05, 0) is 50.5 Å². The highest BCUT2D eigenvalue weighted by Gasteiger charge is 2.37. The van der Waals surface area contributed by atoms with Crippen molar-refractivity contribution in [2.75, 3.05) is 37.1 Å². The number of methoxy groups -OCH3 is 1. The lowest BCUT2D eigenvalue weighted by atomic mass is 9.92. The fraction of sp³-hybridized carbons (Fsp3) is 0.440. The van der Waals surface area contributed by atoms with Crippen LogP contribution in [0.5, 0.6) is 17.2 Å². The van der Waals surface area contributed by atoms with Crippen molar-refractivity contribution in [3.05, 3.63) is 42.5 Å². The Hall–Kier alpha value is -3.22. The number of carbonyl (C=O) groups is 2. The number of benzene rings is 2. The van der Waals surface area contributed by atoms with Gasteiger partial charge in [0.15, 0.2) is 6.61 Å². The molecule has 1 heterocycles. The van der Waals surface area contributed by atoms with Crippen LogP contribution in [0.3, 0.4) is 0 Å². The first-order chi connectivity index (χ1) is 15.2. The average Bonchev–Trinajstić information content (AvgIpc) is 2.85. The minimum absolute atomic E-state index is 0.0420. The normalized spacial score (nSPS) is 14.9. The van der Waals surface area contributed by atoms with E-state index in [1.165, 1.54) is 0 Å². The minimum atomic E-state index is -0.635.